The van der Waals surface area contributed by atoms with Gasteiger partial charge in [-0.2, -0.15) is 5.26 Å². The first-order valence-corrected chi connectivity index (χ1v) is 14.1. The SMILES string of the molecule is COCCNC(=S)N(Cc1cccc(Cl)c1Cl)C[C@@H](NC(=O)Cc1cncn1Cc1ccc(C#N)cc1)C(C)C. The molecule has 1 amide bonds. The molecule has 0 saturated heterocycles. The summed E-state index contributed by atoms with van der Waals surface area (Å²) in [6, 6.07) is 14.8. The highest BCUT2D eigenvalue weighted by atomic mass is 35.5. The largest absolute Gasteiger partial charge is 0.383 e. The highest BCUT2D eigenvalue weighted by Gasteiger charge is 2.23. The first kappa shape index (κ1) is 31.4. The zero-order valence-electron chi connectivity index (χ0n) is 22.9. The summed E-state index contributed by atoms with van der Waals surface area (Å²) in [4.78, 5) is 19.5. The maximum atomic E-state index is 13.2. The van der Waals surface area contributed by atoms with Crippen LogP contribution in [0.15, 0.2) is 55.0 Å². The van der Waals surface area contributed by atoms with Crippen LogP contribution in [0.3, 0.4) is 0 Å². The van der Waals surface area contributed by atoms with Crippen LogP contribution in [0, 0.1) is 17.2 Å². The Balaban J connectivity index is 1.70. The predicted molar refractivity (Wildman–Crippen MR) is 162 cm³/mol. The summed E-state index contributed by atoms with van der Waals surface area (Å²) >= 11 is 18.5. The molecule has 0 radical (unpaired) electrons. The number of hydrogen-bond acceptors (Lipinski definition) is 5. The van der Waals surface area contributed by atoms with Gasteiger partial charge in [0.15, 0.2) is 5.11 Å². The van der Waals surface area contributed by atoms with E-state index in [2.05, 4.69) is 35.5 Å². The second-order valence-electron chi connectivity index (χ2n) is 9.73. The van der Waals surface area contributed by atoms with Gasteiger partial charge < -0.3 is 24.8 Å². The molecular weight excluding hydrogens is 567 g/mol. The molecule has 0 aliphatic heterocycles. The molecule has 212 valence electrons. The summed E-state index contributed by atoms with van der Waals surface area (Å²) < 4.78 is 7.09. The number of nitrogens with one attached hydrogen (secondary N) is 2. The number of nitrogens with zero attached hydrogens (tertiary/aromatic N) is 4. The Morgan fingerprint density at radius 2 is 1.98 bits per heavy atom. The number of benzene rings is 2. The third-order valence-electron chi connectivity index (χ3n) is 6.41. The molecule has 1 aromatic heterocycles. The van der Waals surface area contributed by atoms with Crippen LogP contribution in [0.5, 0.6) is 0 Å². The van der Waals surface area contributed by atoms with Crippen LogP contribution in [0.2, 0.25) is 10.0 Å². The lowest BCUT2D eigenvalue weighted by atomic mass is 10.0. The fourth-order valence-electron chi connectivity index (χ4n) is 4.07. The van der Waals surface area contributed by atoms with Crippen LogP contribution in [0.25, 0.3) is 0 Å². The van der Waals surface area contributed by atoms with Crippen molar-refractivity contribution in [2.75, 3.05) is 26.8 Å². The number of thiocarbonyl (C=S) groups is 1. The normalized spacial score (nSPS) is 11.6. The second-order valence-corrected chi connectivity index (χ2v) is 10.9. The molecule has 3 rings (SSSR count). The van der Waals surface area contributed by atoms with E-state index in [9.17, 15) is 4.79 Å². The van der Waals surface area contributed by atoms with Gasteiger partial charge in [-0.15, -0.1) is 0 Å². The van der Waals surface area contributed by atoms with Gasteiger partial charge in [-0.3, -0.25) is 4.79 Å². The monoisotopic (exact) mass is 600 g/mol. The number of carbonyl (C=O) groups excluding carboxylic acids is 1. The number of halogens is 2. The molecule has 0 aliphatic rings. The van der Waals surface area contributed by atoms with Gasteiger partial charge in [0, 0.05) is 51.2 Å². The van der Waals surface area contributed by atoms with E-state index < -0.39 is 0 Å². The molecule has 2 N–H and O–H groups in total. The second kappa shape index (κ2) is 15.6. The average Bonchev–Trinajstić information content (AvgIpc) is 3.36. The molecule has 1 heterocycles. The average molecular weight is 602 g/mol. The Kier molecular flexibility index (Phi) is 12.2. The molecule has 3 aromatic rings. The Hall–Kier alpha value is -3.16. The standard InChI is InChI=1S/C29H34Cl2N6O2S/c1-20(2)26(18-36(29(40)34-11-12-39-3)17-23-5-4-6-25(30)28(23)31)35-27(38)13-24-15-33-19-37(24)16-22-9-7-21(14-32)8-10-22/h4-10,15,19-20,26H,11-13,16-18H2,1-3H3,(H,34,40)(H,35,38)/t26-/m1/s1. The molecule has 8 nitrogen and oxygen atoms in total. The van der Waals surface area contributed by atoms with E-state index in [1.807, 2.05) is 33.7 Å². The van der Waals surface area contributed by atoms with Crippen molar-refractivity contribution < 1.29 is 9.53 Å². The molecule has 40 heavy (non-hydrogen) atoms. The minimum absolute atomic E-state index is 0.112. The number of rotatable bonds is 13. The van der Waals surface area contributed by atoms with Crippen molar-refractivity contribution in [1.29, 1.82) is 5.26 Å². The zero-order valence-corrected chi connectivity index (χ0v) is 25.2. The van der Waals surface area contributed by atoms with Crippen LogP contribution in [0.4, 0.5) is 0 Å². The van der Waals surface area contributed by atoms with Crippen LogP contribution >= 0.6 is 35.4 Å². The summed E-state index contributed by atoms with van der Waals surface area (Å²) in [5, 5.41) is 16.9. The maximum Gasteiger partial charge on any atom is 0.226 e. The van der Waals surface area contributed by atoms with Gasteiger partial charge in [-0.25, -0.2) is 4.98 Å². The van der Waals surface area contributed by atoms with Gasteiger partial charge in [0.2, 0.25) is 5.91 Å². The highest BCUT2D eigenvalue weighted by molar-refractivity contribution is 7.80. The van der Waals surface area contributed by atoms with Gasteiger partial charge in [-0.1, -0.05) is 61.3 Å². The number of ether oxygens (including phenoxy) is 1. The van der Waals surface area contributed by atoms with E-state index in [4.69, 9.17) is 45.4 Å². The van der Waals surface area contributed by atoms with E-state index in [1.165, 1.54) is 0 Å². The third-order valence-corrected chi connectivity index (χ3v) is 7.67. The Labute approximate surface area is 251 Å². The first-order valence-electron chi connectivity index (χ1n) is 12.9. The predicted octanol–water partition coefficient (Wildman–Crippen LogP) is 4.82. The van der Waals surface area contributed by atoms with Gasteiger partial charge in [0.05, 0.1) is 41.0 Å². The van der Waals surface area contributed by atoms with E-state index in [0.717, 1.165) is 16.8 Å². The Morgan fingerprint density at radius 1 is 1.23 bits per heavy atom. The molecule has 0 spiro atoms. The smallest absolute Gasteiger partial charge is 0.226 e. The zero-order chi connectivity index (χ0) is 29.1. The Bertz CT molecular complexity index is 1320. The summed E-state index contributed by atoms with van der Waals surface area (Å²) in [7, 11) is 1.63. The van der Waals surface area contributed by atoms with Crippen LogP contribution in [-0.4, -0.2) is 58.3 Å². The first-order chi connectivity index (χ1) is 19.2. The molecule has 2 aromatic carbocycles. The van der Waals surface area contributed by atoms with Crippen molar-refractivity contribution in [1.82, 2.24) is 25.1 Å². The number of carbonyl (C=O) groups is 1. The van der Waals surface area contributed by atoms with Gasteiger partial charge in [0.1, 0.15) is 0 Å². The lowest BCUT2D eigenvalue weighted by Gasteiger charge is -2.32. The molecular formula is C29H34Cl2N6O2S. The molecule has 0 saturated carbocycles. The lowest BCUT2D eigenvalue weighted by molar-refractivity contribution is -0.121. The molecule has 0 aliphatic carbocycles. The van der Waals surface area contributed by atoms with E-state index in [1.54, 1.807) is 37.8 Å². The van der Waals surface area contributed by atoms with E-state index in [-0.39, 0.29) is 24.3 Å². The lowest BCUT2D eigenvalue weighted by Crippen LogP contribution is -2.51. The summed E-state index contributed by atoms with van der Waals surface area (Å²) in [6.45, 7) is 6.63. The molecule has 11 heteroatoms. The maximum absolute atomic E-state index is 13.2. The minimum Gasteiger partial charge on any atom is -0.383 e. The van der Waals surface area contributed by atoms with Crippen molar-refractivity contribution in [3.63, 3.8) is 0 Å². The van der Waals surface area contributed by atoms with Gasteiger partial charge >= 0.3 is 0 Å². The van der Waals surface area contributed by atoms with Gasteiger partial charge in [-0.05, 0) is 47.5 Å². The summed E-state index contributed by atoms with van der Waals surface area (Å²) in [6.07, 6.45) is 3.59. The fourth-order valence-corrected chi connectivity index (χ4v) is 4.69. The number of amides is 1. The minimum atomic E-state index is -0.192. The van der Waals surface area contributed by atoms with E-state index >= 15 is 0 Å². The summed E-state index contributed by atoms with van der Waals surface area (Å²) in [5.74, 6) is 0.0193. The number of hydrogen-bond donors (Lipinski definition) is 2. The number of imidazole rings is 1. The van der Waals surface area contributed by atoms with Gasteiger partial charge in [0.25, 0.3) is 0 Å². The molecule has 0 unspecified atom stereocenters. The third kappa shape index (κ3) is 9.20. The van der Waals surface area contributed by atoms with Crippen LogP contribution < -0.4 is 10.6 Å². The number of aromatic nitrogens is 2. The fraction of sp³-hybridized carbons (Fsp3) is 0.379. The highest BCUT2D eigenvalue weighted by Crippen LogP contribution is 2.27. The molecule has 0 fully saturated rings. The molecule has 1 atom stereocenters. The van der Waals surface area contributed by atoms with Crippen molar-refractivity contribution in [3.05, 3.63) is 87.4 Å². The number of nitriles is 1. The summed E-state index contributed by atoms with van der Waals surface area (Å²) in [5.41, 5.74) is 3.26. The van der Waals surface area contributed by atoms with Crippen molar-refractivity contribution in [2.24, 2.45) is 5.92 Å². The van der Waals surface area contributed by atoms with Crippen molar-refractivity contribution in [3.8, 4) is 6.07 Å². The molecule has 0 bridgehead atoms. The van der Waals surface area contributed by atoms with Crippen LogP contribution in [0.1, 0.15) is 36.2 Å². The number of methoxy groups -OCH3 is 1. The topological polar surface area (TPSA) is 95.2 Å². The van der Waals surface area contributed by atoms with Crippen LogP contribution in [-0.2, 0) is 29.0 Å². The van der Waals surface area contributed by atoms with Crippen molar-refractivity contribution >= 4 is 46.4 Å². The van der Waals surface area contributed by atoms with Crippen molar-refractivity contribution in [2.45, 2.75) is 39.4 Å². The Morgan fingerprint density at radius 3 is 2.65 bits per heavy atom. The van der Waals surface area contributed by atoms with E-state index in [0.29, 0.717) is 53.5 Å². The quantitative estimate of drug-likeness (QED) is 0.214.